The molecule has 1 aliphatic rings. The van der Waals surface area contributed by atoms with Gasteiger partial charge in [-0.25, -0.2) is 0 Å². The van der Waals surface area contributed by atoms with Crippen molar-refractivity contribution in [3.05, 3.63) is 59.6 Å². The summed E-state index contributed by atoms with van der Waals surface area (Å²) in [6.07, 6.45) is 0. The molecule has 0 fully saturated rings. The maximum atomic E-state index is 6.40. The molecular weight excluding hydrogens is 298 g/mol. The van der Waals surface area contributed by atoms with Crippen LogP contribution in [0.25, 0.3) is 21.9 Å². The molecule has 0 aliphatic carbocycles. The highest BCUT2D eigenvalue weighted by molar-refractivity contribution is 6.37. The largest absolute Gasteiger partial charge is 0.454 e. The highest BCUT2D eigenvalue weighted by Crippen LogP contribution is 2.50. The van der Waals surface area contributed by atoms with Crippen LogP contribution in [0, 0.1) is 0 Å². The van der Waals surface area contributed by atoms with Crippen LogP contribution in [0.2, 0.25) is 5.02 Å². The molecule has 4 heteroatoms. The molecule has 0 atom stereocenters. The van der Waals surface area contributed by atoms with Gasteiger partial charge in [-0.15, -0.1) is 0 Å². The normalized spacial score (nSPS) is 12.6. The molecular formula is C18H10ClNO2. The molecule has 2 heterocycles. The Morgan fingerprint density at radius 3 is 2.68 bits per heavy atom. The third-order valence-electron chi connectivity index (χ3n) is 3.92. The van der Waals surface area contributed by atoms with Crippen molar-refractivity contribution >= 4 is 44.9 Å². The summed E-state index contributed by atoms with van der Waals surface area (Å²) < 4.78 is 12.0. The van der Waals surface area contributed by atoms with Gasteiger partial charge in [0.1, 0.15) is 5.58 Å². The highest BCUT2D eigenvalue weighted by atomic mass is 35.5. The van der Waals surface area contributed by atoms with Gasteiger partial charge in [0.15, 0.2) is 17.1 Å². The van der Waals surface area contributed by atoms with Crippen molar-refractivity contribution in [2.75, 3.05) is 5.32 Å². The Bertz CT molecular complexity index is 1050. The summed E-state index contributed by atoms with van der Waals surface area (Å²) in [4.78, 5) is 0. The van der Waals surface area contributed by atoms with E-state index >= 15 is 0 Å². The molecule has 0 amide bonds. The fourth-order valence-corrected chi connectivity index (χ4v) is 3.19. The predicted molar refractivity (Wildman–Crippen MR) is 88.5 cm³/mol. The number of hydrogen-bond donors (Lipinski definition) is 1. The molecule has 0 saturated carbocycles. The van der Waals surface area contributed by atoms with Crippen LogP contribution in [0.3, 0.4) is 0 Å². The van der Waals surface area contributed by atoms with Crippen molar-refractivity contribution in [2.24, 2.45) is 0 Å². The summed E-state index contributed by atoms with van der Waals surface area (Å²) in [6.45, 7) is 0. The van der Waals surface area contributed by atoms with Crippen LogP contribution in [0.15, 0.2) is 59.0 Å². The maximum absolute atomic E-state index is 6.40. The lowest BCUT2D eigenvalue weighted by Crippen LogP contribution is -2.02. The molecule has 1 aromatic heterocycles. The van der Waals surface area contributed by atoms with Crippen LogP contribution >= 0.6 is 11.6 Å². The molecule has 0 radical (unpaired) electrons. The van der Waals surface area contributed by atoms with Crippen molar-refractivity contribution in [1.29, 1.82) is 0 Å². The SMILES string of the molecule is Clc1cc2c(c3c1oc1ccccc13)Oc1ccccc1N2. The monoisotopic (exact) mass is 307 g/mol. The predicted octanol–water partition coefficient (Wildman–Crippen LogP) is 6.09. The second kappa shape index (κ2) is 4.18. The van der Waals surface area contributed by atoms with Crippen LogP contribution in [-0.2, 0) is 0 Å². The zero-order chi connectivity index (χ0) is 14.7. The zero-order valence-corrected chi connectivity index (χ0v) is 12.1. The molecule has 1 aliphatic heterocycles. The van der Waals surface area contributed by atoms with Crippen molar-refractivity contribution in [3.63, 3.8) is 0 Å². The first kappa shape index (κ1) is 12.0. The van der Waals surface area contributed by atoms with Crippen molar-refractivity contribution in [1.82, 2.24) is 0 Å². The lowest BCUT2D eigenvalue weighted by molar-refractivity contribution is 0.486. The molecule has 3 aromatic carbocycles. The first-order chi connectivity index (χ1) is 10.8. The van der Waals surface area contributed by atoms with Crippen molar-refractivity contribution in [2.45, 2.75) is 0 Å². The molecule has 1 N–H and O–H groups in total. The van der Waals surface area contributed by atoms with Gasteiger partial charge in [-0.05, 0) is 24.3 Å². The van der Waals surface area contributed by atoms with Gasteiger partial charge >= 0.3 is 0 Å². The van der Waals surface area contributed by atoms with Crippen molar-refractivity contribution < 1.29 is 9.15 Å². The van der Waals surface area contributed by atoms with E-state index in [1.807, 2.05) is 54.6 Å². The molecule has 4 aromatic rings. The molecule has 3 nitrogen and oxygen atoms in total. The fraction of sp³-hybridized carbons (Fsp3) is 0. The highest BCUT2D eigenvalue weighted by Gasteiger charge is 2.24. The molecule has 0 spiro atoms. The zero-order valence-electron chi connectivity index (χ0n) is 11.4. The third-order valence-corrected chi connectivity index (χ3v) is 4.20. The second-order valence-electron chi connectivity index (χ2n) is 5.26. The van der Waals surface area contributed by atoms with Crippen molar-refractivity contribution in [3.8, 4) is 11.5 Å². The number of anilines is 2. The van der Waals surface area contributed by atoms with Gasteiger partial charge in [-0.1, -0.05) is 41.9 Å². The van der Waals surface area contributed by atoms with Gasteiger partial charge in [0.25, 0.3) is 0 Å². The summed E-state index contributed by atoms with van der Waals surface area (Å²) in [5.41, 5.74) is 3.24. The molecule has 0 bridgehead atoms. The Labute approximate surface area is 131 Å². The van der Waals surface area contributed by atoms with Crippen LogP contribution in [0.5, 0.6) is 11.5 Å². The van der Waals surface area contributed by atoms with E-state index in [9.17, 15) is 0 Å². The maximum Gasteiger partial charge on any atom is 0.162 e. The summed E-state index contributed by atoms with van der Waals surface area (Å²) in [7, 11) is 0. The molecule has 0 unspecified atom stereocenters. The lowest BCUT2D eigenvalue weighted by atomic mass is 10.1. The summed E-state index contributed by atoms with van der Waals surface area (Å²) in [5, 5.41) is 5.85. The fourth-order valence-electron chi connectivity index (χ4n) is 2.94. The smallest absolute Gasteiger partial charge is 0.162 e. The Balaban J connectivity index is 1.90. The number of para-hydroxylation sites is 3. The first-order valence-electron chi connectivity index (χ1n) is 6.99. The van der Waals surface area contributed by atoms with E-state index in [4.69, 9.17) is 20.8 Å². The first-order valence-corrected chi connectivity index (χ1v) is 7.37. The number of furan rings is 1. The van der Waals surface area contributed by atoms with E-state index in [1.54, 1.807) is 0 Å². The Kier molecular flexibility index (Phi) is 2.27. The average Bonchev–Trinajstić information content (AvgIpc) is 2.94. The van der Waals surface area contributed by atoms with E-state index < -0.39 is 0 Å². The van der Waals surface area contributed by atoms with E-state index in [0.717, 1.165) is 39.2 Å². The van der Waals surface area contributed by atoms with Crippen LogP contribution in [0.1, 0.15) is 0 Å². The number of benzene rings is 3. The summed E-state index contributed by atoms with van der Waals surface area (Å²) >= 11 is 6.40. The molecule has 22 heavy (non-hydrogen) atoms. The number of ether oxygens (including phenoxy) is 1. The summed E-state index contributed by atoms with van der Waals surface area (Å²) in [5.74, 6) is 1.55. The van der Waals surface area contributed by atoms with Crippen LogP contribution in [-0.4, -0.2) is 0 Å². The molecule has 106 valence electrons. The van der Waals surface area contributed by atoms with E-state index in [-0.39, 0.29) is 0 Å². The van der Waals surface area contributed by atoms with Crippen LogP contribution in [0.4, 0.5) is 11.4 Å². The topological polar surface area (TPSA) is 34.4 Å². The number of rotatable bonds is 0. The van der Waals surface area contributed by atoms with E-state index in [1.165, 1.54) is 0 Å². The molecule has 0 saturated heterocycles. The minimum absolute atomic E-state index is 0.570. The van der Waals surface area contributed by atoms with Gasteiger partial charge in [0, 0.05) is 5.39 Å². The van der Waals surface area contributed by atoms with E-state index in [2.05, 4.69) is 5.32 Å². The minimum atomic E-state index is 0.570. The standard InChI is InChI=1S/C18H10ClNO2/c19-11-9-13-18(22-15-8-4-2-6-12(15)20-13)16-10-5-1-3-7-14(10)21-17(11)16/h1-9,20H. The summed E-state index contributed by atoms with van der Waals surface area (Å²) in [6, 6.07) is 17.5. The Hall–Kier alpha value is -2.65. The van der Waals surface area contributed by atoms with Gasteiger partial charge in [0.05, 0.1) is 21.8 Å². The van der Waals surface area contributed by atoms with E-state index in [0.29, 0.717) is 10.6 Å². The van der Waals surface area contributed by atoms with Gasteiger partial charge in [-0.3, -0.25) is 0 Å². The minimum Gasteiger partial charge on any atom is -0.454 e. The van der Waals surface area contributed by atoms with Gasteiger partial charge in [0.2, 0.25) is 0 Å². The van der Waals surface area contributed by atoms with Gasteiger partial charge < -0.3 is 14.5 Å². The Morgan fingerprint density at radius 1 is 0.909 bits per heavy atom. The Morgan fingerprint density at radius 2 is 1.73 bits per heavy atom. The number of nitrogens with one attached hydrogen (secondary N) is 1. The number of fused-ring (bicyclic) bond motifs is 6. The quantitative estimate of drug-likeness (QED) is 0.376. The number of halogens is 1. The third kappa shape index (κ3) is 1.51. The number of hydrogen-bond acceptors (Lipinski definition) is 3. The average molecular weight is 308 g/mol. The second-order valence-corrected chi connectivity index (χ2v) is 5.67. The molecule has 5 rings (SSSR count). The van der Waals surface area contributed by atoms with Crippen LogP contribution < -0.4 is 10.1 Å². The van der Waals surface area contributed by atoms with Gasteiger partial charge in [-0.2, -0.15) is 0 Å². The lowest BCUT2D eigenvalue weighted by Gasteiger charge is -2.22.